The Bertz CT molecular complexity index is 734. The molecule has 0 saturated heterocycles. The van der Waals surface area contributed by atoms with E-state index in [9.17, 15) is 0 Å². The Morgan fingerprint density at radius 1 is 0.219 bits per heavy atom. The van der Waals surface area contributed by atoms with E-state index < -0.39 is 0 Å². The largest absolute Gasteiger partial charge is 0.394 e. The molecule has 0 heterocycles. The fourth-order valence-electron chi connectivity index (χ4n) is 6.09. The molecule has 0 unspecified atom stereocenters. The summed E-state index contributed by atoms with van der Waals surface area (Å²) in [6.07, 6.45) is 22.5. The van der Waals surface area contributed by atoms with Gasteiger partial charge in [0.1, 0.15) is 0 Å². The fourth-order valence-corrected chi connectivity index (χ4v) is 6.09. The van der Waals surface area contributed by atoms with Crippen molar-refractivity contribution < 1.29 is 71.4 Å². The van der Waals surface area contributed by atoms with Crippen molar-refractivity contribution >= 4 is 0 Å². The molecule has 0 radical (unpaired) electrons. The third-order valence-electron chi connectivity index (χ3n) is 9.70. The second kappa shape index (κ2) is 62.4. The number of aliphatic hydroxyl groups excluding tert-OH is 1. The number of rotatable bonds is 61. The molecule has 0 spiro atoms. The van der Waals surface area contributed by atoms with Gasteiger partial charge in [0, 0.05) is 6.54 Å². The van der Waals surface area contributed by atoms with Crippen LogP contribution in [0.1, 0.15) is 110 Å². The van der Waals surface area contributed by atoms with Gasteiger partial charge in [0.05, 0.1) is 192 Å². The quantitative estimate of drug-likeness (QED) is 0.0677. The maximum atomic E-state index is 8.60. The van der Waals surface area contributed by atoms with Crippen molar-refractivity contribution in [2.75, 3.05) is 205 Å². The second-order valence-corrected chi connectivity index (χ2v) is 15.4. The highest BCUT2D eigenvalue weighted by molar-refractivity contribution is 4.52. The Kier molecular flexibility index (Phi) is 61.7. The number of aliphatic hydroxyl groups is 1. The summed E-state index contributed by atoms with van der Waals surface area (Å²) >= 11 is 0. The van der Waals surface area contributed by atoms with Gasteiger partial charge < -0.3 is 76.7 Å². The van der Waals surface area contributed by atoms with Gasteiger partial charge in [-0.2, -0.15) is 0 Å². The molecule has 16 nitrogen and oxygen atoms in total. The van der Waals surface area contributed by atoms with Crippen molar-refractivity contribution in [3.8, 4) is 0 Å². The lowest BCUT2D eigenvalue weighted by Crippen LogP contribution is -2.22. The van der Waals surface area contributed by atoms with Gasteiger partial charge in [0.25, 0.3) is 0 Å². The van der Waals surface area contributed by atoms with Gasteiger partial charge >= 0.3 is 0 Å². The van der Waals surface area contributed by atoms with Crippen molar-refractivity contribution in [3.63, 3.8) is 0 Å². The molecule has 0 aliphatic heterocycles. The zero-order valence-corrected chi connectivity index (χ0v) is 40.9. The van der Waals surface area contributed by atoms with E-state index in [1.54, 1.807) is 0 Å². The van der Waals surface area contributed by atoms with Crippen LogP contribution in [-0.4, -0.2) is 210 Å². The minimum absolute atomic E-state index is 0.0242. The highest BCUT2D eigenvalue weighted by atomic mass is 16.6. The molecule has 0 fully saturated rings. The Hall–Kier alpha value is -0.640. The minimum Gasteiger partial charge on any atom is -0.394 e. The van der Waals surface area contributed by atoms with E-state index in [1.165, 1.54) is 103 Å². The van der Waals surface area contributed by atoms with E-state index >= 15 is 0 Å². The number of nitrogens with one attached hydrogen (secondary N) is 1. The van der Waals surface area contributed by atoms with Crippen LogP contribution in [0.3, 0.4) is 0 Å². The summed E-state index contributed by atoms with van der Waals surface area (Å²) in [7, 11) is 0. The topological polar surface area (TPSA) is 161 Å². The van der Waals surface area contributed by atoms with Gasteiger partial charge in [-0.15, -0.1) is 0 Å². The van der Waals surface area contributed by atoms with Crippen molar-refractivity contribution in [2.45, 2.75) is 110 Å². The van der Waals surface area contributed by atoms with Crippen LogP contribution >= 0.6 is 0 Å². The monoisotopic (exact) mass is 930 g/mol. The summed E-state index contributed by atoms with van der Waals surface area (Å²) in [4.78, 5) is 0. The SMILES string of the molecule is CCCCCCCCCCCCCCCCCCNCCOCCOCCOCCOCCOCCOCCOCCOCCOCCOCCOCCOCCOCCOCCO. The van der Waals surface area contributed by atoms with E-state index in [0.29, 0.717) is 178 Å². The standard InChI is InChI=1S/C48H99NO15/c1-2-3-4-5-6-7-8-9-10-11-12-13-14-15-16-17-18-49-19-21-51-23-25-53-27-29-55-31-33-57-35-37-59-39-41-61-43-45-63-47-48-64-46-44-62-42-40-60-38-36-58-34-32-56-30-28-54-26-24-52-22-20-50/h49-50H,2-48H2,1H3. The van der Waals surface area contributed by atoms with Crippen LogP contribution in [0.15, 0.2) is 0 Å². The predicted molar refractivity (Wildman–Crippen MR) is 251 cm³/mol. The molecule has 0 bridgehead atoms. The van der Waals surface area contributed by atoms with E-state index in [-0.39, 0.29) is 6.61 Å². The first-order valence-electron chi connectivity index (χ1n) is 25.3. The highest BCUT2D eigenvalue weighted by Crippen LogP contribution is 2.13. The van der Waals surface area contributed by atoms with E-state index in [1.807, 2.05) is 0 Å². The lowest BCUT2D eigenvalue weighted by atomic mass is 10.0. The van der Waals surface area contributed by atoms with Crippen LogP contribution in [0.25, 0.3) is 0 Å². The van der Waals surface area contributed by atoms with Crippen LogP contribution in [0, 0.1) is 0 Å². The maximum absolute atomic E-state index is 8.60. The van der Waals surface area contributed by atoms with Crippen LogP contribution < -0.4 is 5.32 Å². The highest BCUT2D eigenvalue weighted by Gasteiger charge is 1.99. The lowest BCUT2D eigenvalue weighted by molar-refractivity contribution is -0.0297. The first-order chi connectivity index (χ1) is 31.9. The van der Waals surface area contributed by atoms with Crippen molar-refractivity contribution in [1.29, 1.82) is 0 Å². The molecular weight excluding hydrogens is 831 g/mol. The molecule has 0 aromatic heterocycles. The Labute approximate surface area is 390 Å². The molecule has 386 valence electrons. The van der Waals surface area contributed by atoms with Gasteiger partial charge in [-0.25, -0.2) is 0 Å². The zero-order chi connectivity index (χ0) is 45.8. The van der Waals surface area contributed by atoms with E-state index in [2.05, 4.69) is 12.2 Å². The molecule has 0 amide bonds. The minimum atomic E-state index is 0.0242. The van der Waals surface area contributed by atoms with Gasteiger partial charge in [-0.05, 0) is 13.0 Å². The molecular formula is C48H99NO15. The van der Waals surface area contributed by atoms with Crippen LogP contribution in [0.2, 0.25) is 0 Å². The van der Waals surface area contributed by atoms with Crippen LogP contribution in [0.5, 0.6) is 0 Å². The van der Waals surface area contributed by atoms with Gasteiger partial charge in [0.2, 0.25) is 0 Å². The number of hydrogen-bond acceptors (Lipinski definition) is 16. The smallest absolute Gasteiger partial charge is 0.0701 e. The lowest BCUT2D eigenvalue weighted by Gasteiger charge is -2.09. The van der Waals surface area contributed by atoms with E-state index in [0.717, 1.165) is 19.7 Å². The third-order valence-corrected chi connectivity index (χ3v) is 9.70. The average molecular weight is 930 g/mol. The molecule has 0 aliphatic rings. The van der Waals surface area contributed by atoms with Crippen LogP contribution in [0.4, 0.5) is 0 Å². The summed E-state index contributed by atoms with van der Waals surface area (Å²) in [5.41, 5.74) is 0. The first-order valence-corrected chi connectivity index (χ1v) is 25.3. The first kappa shape index (κ1) is 63.4. The van der Waals surface area contributed by atoms with Gasteiger partial charge in [-0.3, -0.25) is 0 Å². The summed E-state index contributed by atoms with van der Waals surface area (Å²) in [5.74, 6) is 0. The van der Waals surface area contributed by atoms with Crippen molar-refractivity contribution in [2.24, 2.45) is 0 Å². The molecule has 0 rings (SSSR count). The summed E-state index contributed by atoms with van der Waals surface area (Å²) in [5, 5.41) is 12.1. The molecule has 0 atom stereocenters. The van der Waals surface area contributed by atoms with Gasteiger partial charge in [-0.1, -0.05) is 103 Å². The molecule has 2 N–H and O–H groups in total. The van der Waals surface area contributed by atoms with Crippen molar-refractivity contribution in [1.82, 2.24) is 5.32 Å². The molecule has 0 aromatic rings. The number of unbranched alkanes of at least 4 members (excludes halogenated alkanes) is 15. The summed E-state index contributed by atoms with van der Waals surface area (Å²) < 4.78 is 76.7. The number of hydrogen-bond donors (Lipinski definition) is 2. The molecule has 64 heavy (non-hydrogen) atoms. The number of ether oxygens (including phenoxy) is 14. The Balaban J connectivity index is 3.06. The van der Waals surface area contributed by atoms with Crippen LogP contribution in [-0.2, 0) is 66.3 Å². The maximum Gasteiger partial charge on any atom is 0.0701 e. The normalized spacial score (nSPS) is 11.7. The molecule has 0 saturated carbocycles. The summed E-state index contributed by atoms with van der Waals surface area (Å²) in [6, 6.07) is 0. The predicted octanol–water partition coefficient (Wildman–Crippen LogP) is 6.06. The molecule has 0 aliphatic carbocycles. The van der Waals surface area contributed by atoms with E-state index in [4.69, 9.17) is 71.4 Å². The summed E-state index contributed by atoms with van der Waals surface area (Å²) in [6.45, 7) is 18.7. The molecule has 16 heteroatoms. The zero-order valence-electron chi connectivity index (χ0n) is 40.9. The fraction of sp³-hybridized carbons (Fsp3) is 1.00. The Morgan fingerprint density at radius 3 is 0.625 bits per heavy atom. The molecule has 0 aromatic carbocycles. The van der Waals surface area contributed by atoms with Gasteiger partial charge in [0.15, 0.2) is 0 Å². The second-order valence-electron chi connectivity index (χ2n) is 15.4. The van der Waals surface area contributed by atoms with Crippen molar-refractivity contribution in [3.05, 3.63) is 0 Å². The third kappa shape index (κ3) is 61.4. The Morgan fingerprint density at radius 2 is 0.406 bits per heavy atom. The average Bonchev–Trinajstić information content (AvgIpc) is 3.31.